The number of halogens is 1. The maximum atomic E-state index is 6.24. The van der Waals surface area contributed by atoms with Gasteiger partial charge in [-0.1, -0.05) is 49.7 Å². The van der Waals surface area contributed by atoms with Crippen molar-refractivity contribution in [3.63, 3.8) is 0 Å². The number of fused-ring (bicyclic) bond motifs is 3. The highest BCUT2D eigenvalue weighted by Gasteiger charge is 2.38. The van der Waals surface area contributed by atoms with Crippen molar-refractivity contribution >= 4 is 17.3 Å². The summed E-state index contributed by atoms with van der Waals surface area (Å²) in [4.78, 5) is 0. The first-order valence-corrected chi connectivity index (χ1v) is 9.95. The second kappa shape index (κ2) is 7.36. The lowest BCUT2D eigenvalue weighted by Crippen LogP contribution is -2.29. The molecule has 2 aliphatic rings. The molecule has 0 bridgehead atoms. The minimum absolute atomic E-state index is 0.286. The van der Waals surface area contributed by atoms with Crippen LogP contribution >= 0.6 is 11.6 Å². The Morgan fingerprint density at radius 1 is 1.19 bits per heavy atom. The minimum Gasteiger partial charge on any atom is -0.494 e. The fraction of sp³-hybridized carbons (Fsp3) is 0.391. The molecule has 0 aromatic heterocycles. The fourth-order valence-corrected chi connectivity index (χ4v) is 4.30. The summed E-state index contributed by atoms with van der Waals surface area (Å²) in [5.41, 5.74) is 3.82. The summed E-state index contributed by atoms with van der Waals surface area (Å²) in [7, 11) is 0. The van der Waals surface area contributed by atoms with Crippen molar-refractivity contribution in [1.29, 1.82) is 0 Å². The Morgan fingerprint density at radius 2 is 2.08 bits per heavy atom. The molecule has 2 nitrogen and oxygen atoms in total. The molecule has 0 spiro atoms. The SMILES string of the molecule is CC(C)CCOc1ccc2c(c1)C1C=CCC1C(c1cccc(Cl)c1)N2. The molecule has 1 heterocycles. The smallest absolute Gasteiger partial charge is 0.119 e. The van der Waals surface area contributed by atoms with Crippen LogP contribution in [-0.4, -0.2) is 6.61 Å². The predicted octanol–water partition coefficient (Wildman–Crippen LogP) is 6.59. The van der Waals surface area contributed by atoms with E-state index in [9.17, 15) is 0 Å². The van der Waals surface area contributed by atoms with Crippen molar-refractivity contribution in [3.8, 4) is 5.75 Å². The maximum absolute atomic E-state index is 6.24. The molecule has 0 saturated heterocycles. The molecule has 2 aromatic carbocycles. The molecule has 1 aliphatic heterocycles. The van der Waals surface area contributed by atoms with Crippen LogP contribution in [0, 0.1) is 11.8 Å². The number of allylic oxidation sites excluding steroid dienone is 2. The number of nitrogens with one attached hydrogen (secondary N) is 1. The number of anilines is 1. The lowest BCUT2D eigenvalue weighted by molar-refractivity contribution is 0.289. The largest absolute Gasteiger partial charge is 0.494 e. The Morgan fingerprint density at radius 3 is 2.88 bits per heavy atom. The monoisotopic (exact) mass is 367 g/mol. The van der Waals surface area contributed by atoms with E-state index in [1.807, 2.05) is 12.1 Å². The molecule has 1 N–H and O–H groups in total. The van der Waals surface area contributed by atoms with E-state index in [4.69, 9.17) is 16.3 Å². The molecular weight excluding hydrogens is 342 g/mol. The Hall–Kier alpha value is -1.93. The van der Waals surface area contributed by atoms with Crippen LogP contribution in [0.5, 0.6) is 5.75 Å². The minimum atomic E-state index is 0.286. The summed E-state index contributed by atoms with van der Waals surface area (Å²) in [6, 6.07) is 15.0. The van der Waals surface area contributed by atoms with E-state index in [1.165, 1.54) is 16.8 Å². The molecule has 3 unspecified atom stereocenters. The third kappa shape index (κ3) is 3.48. The van der Waals surface area contributed by atoms with E-state index in [2.05, 4.69) is 61.6 Å². The second-order valence-corrected chi connectivity index (χ2v) is 8.25. The number of hydrogen-bond donors (Lipinski definition) is 1. The highest BCUT2D eigenvalue weighted by atomic mass is 35.5. The van der Waals surface area contributed by atoms with E-state index < -0.39 is 0 Å². The standard InChI is InChI=1S/C23H26ClNO/c1-15(2)11-12-26-18-9-10-22-21(14-18)19-7-4-8-20(19)23(25-22)16-5-3-6-17(24)13-16/h3-7,9-10,13-15,19-20,23,25H,8,11-12H2,1-2H3. The summed E-state index contributed by atoms with van der Waals surface area (Å²) >= 11 is 6.24. The van der Waals surface area contributed by atoms with Gasteiger partial charge in [-0.3, -0.25) is 0 Å². The van der Waals surface area contributed by atoms with Crippen LogP contribution in [0.4, 0.5) is 5.69 Å². The maximum Gasteiger partial charge on any atom is 0.119 e. The van der Waals surface area contributed by atoms with Gasteiger partial charge < -0.3 is 10.1 Å². The van der Waals surface area contributed by atoms with Crippen LogP contribution in [0.2, 0.25) is 5.02 Å². The Balaban J connectivity index is 1.60. The quantitative estimate of drug-likeness (QED) is 0.601. The zero-order chi connectivity index (χ0) is 18.1. The molecule has 0 fully saturated rings. The van der Waals surface area contributed by atoms with Crippen LogP contribution < -0.4 is 10.1 Å². The summed E-state index contributed by atoms with van der Waals surface area (Å²) in [6.07, 6.45) is 6.85. The number of hydrogen-bond acceptors (Lipinski definition) is 2. The van der Waals surface area contributed by atoms with Gasteiger partial charge in [0.15, 0.2) is 0 Å². The first kappa shape index (κ1) is 17.5. The van der Waals surface area contributed by atoms with Crippen molar-refractivity contribution < 1.29 is 4.74 Å². The van der Waals surface area contributed by atoms with Gasteiger partial charge >= 0.3 is 0 Å². The molecule has 26 heavy (non-hydrogen) atoms. The molecule has 0 saturated carbocycles. The topological polar surface area (TPSA) is 21.3 Å². The van der Waals surface area contributed by atoms with E-state index >= 15 is 0 Å². The molecule has 2 aromatic rings. The van der Waals surface area contributed by atoms with Gasteiger partial charge in [0.2, 0.25) is 0 Å². The Labute approximate surface area is 161 Å². The normalized spacial score (nSPS) is 23.5. The zero-order valence-corrected chi connectivity index (χ0v) is 16.2. The highest BCUT2D eigenvalue weighted by Crippen LogP contribution is 2.50. The third-order valence-corrected chi connectivity index (χ3v) is 5.74. The summed E-state index contributed by atoms with van der Waals surface area (Å²) in [6.45, 7) is 5.23. The van der Waals surface area contributed by atoms with Crippen molar-refractivity contribution in [2.75, 3.05) is 11.9 Å². The van der Waals surface area contributed by atoms with Crippen molar-refractivity contribution in [3.05, 3.63) is 70.8 Å². The number of rotatable bonds is 5. The average molecular weight is 368 g/mol. The first-order chi connectivity index (χ1) is 12.6. The summed E-state index contributed by atoms with van der Waals surface area (Å²) in [5.74, 6) is 2.59. The van der Waals surface area contributed by atoms with Gasteiger partial charge in [0.05, 0.1) is 12.6 Å². The van der Waals surface area contributed by atoms with Gasteiger partial charge in [0.25, 0.3) is 0 Å². The van der Waals surface area contributed by atoms with Gasteiger partial charge in [-0.05, 0) is 66.1 Å². The first-order valence-electron chi connectivity index (χ1n) is 9.57. The van der Waals surface area contributed by atoms with Crippen LogP contribution in [0.25, 0.3) is 0 Å². The van der Waals surface area contributed by atoms with Crippen LogP contribution in [0.1, 0.15) is 49.8 Å². The van der Waals surface area contributed by atoms with Gasteiger partial charge in [0.1, 0.15) is 5.75 Å². The van der Waals surface area contributed by atoms with Gasteiger partial charge in [0, 0.05) is 16.6 Å². The second-order valence-electron chi connectivity index (χ2n) is 7.81. The fourth-order valence-electron chi connectivity index (χ4n) is 4.10. The lowest BCUT2D eigenvalue weighted by atomic mass is 9.77. The molecule has 4 rings (SSSR count). The van der Waals surface area contributed by atoms with Crippen molar-refractivity contribution in [1.82, 2.24) is 0 Å². The van der Waals surface area contributed by atoms with E-state index in [0.29, 0.717) is 17.8 Å². The average Bonchev–Trinajstić information content (AvgIpc) is 3.11. The van der Waals surface area contributed by atoms with Crippen LogP contribution in [0.3, 0.4) is 0 Å². The molecule has 0 radical (unpaired) electrons. The summed E-state index contributed by atoms with van der Waals surface area (Å²) < 4.78 is 5.99. The van der Waals surface area contributed by atoms with E-state index in [1.54, 1.807) is 0 Å². The number of ether oxygens (including phenoxy) is 1. The van der Waals surface area contributed by atoms with Gasteiger partial charge in [-0.25, -0.2) is 0 Å². The highest BCUT2D eigenvalue weighted by molar-refractivity contribution is 6.30. The van der Waals surface area contributed by atoms with Crippen molar-refractivity contribution in [2.24, 2.45) is 11.8 Å². The molecule has 1 aliphatic carbocycles. The molecule has 3 atom stereocenters. The molecular formula is C23H26ClNO. The van der Waals surface area contributed by atoms with E-state index in [-0.39, 0.29) is 6.04 Å². The number of benzene rings is 2. The van der Waals surface area contributed by atoms with Gasteiger partial charge in [-0.15, -0.1) is 0 Å². The summed E-state index contributed by atoms with van der Waals surface area (Å²) in [5, 5.41) is 4.56. The lowest BCUT2D eigenvalue weighted by Gasteiger charge is -2.37. The van der Waals surface area contributed by atoms with E-state index in [0.717, 1.165) is 30.2 Å². The molecule has 136 valence electrons. The Bertz CT molecular complexity index is 814. The third-order valence-electron chi connectivity index (χ3n) is 5.51. The molecule has 3 heteroatoms. The predicted molar refractivity (Wildman–Crippen MR) is 109 cm³/mol. The van der Waals surface area contributed by atoms with Crippen molar-refractivity contribution in [2.45, 2.75) is 38.6 Å². The van der Waals surface area contributed by atoms with Crippen LogP contribution in [0.15, 0.2) is 54.6 Å². The zero-order valence-electron chi connectivity index (χ0n) is 15.4. The van der Waals surface area contributed by atoms with Gasteiger partial charge in [-0.2, -0.15) is 0 Å². The molecule has 0 amide bonds. The van der Waals surface area contributed by atoms with Crippen LogP contribution in [-0.2, 0) is 0 Å². The Kier molecular flexibility index (Phi) is 4.95.